The Balaban J connectivity index is 2.19. The Morgan fingerprint density at radius 1 is 1.65 bits per heavy atom. The Morgan fingerprint density at radius 3 is 2.88 bits per heavy atom. The molecular weight excluding hydrogens is 242 g/mol. The van der Waals surface area contributed by atoms with E-state index in [1.165, 1.54) is 0 Å². The van der Waals surface area contributed by atoms with Crippen molar-refractivity contribution in [1.29, 1.82) is 0 Å². The maximum absolute atomic E-state index is 11.7. The summed E-state index contributed by atoms with van der Waals surface area (Å²) in [5, 5.41) is 9.01. The number of amides is 1. The van der Waals surface area contributed by atoms with E-state index in [1.54, 1.807) is 18.0 Å². The molecule has 1 aromatic heterocycles. The van der Waals surface area contributed by atoms with Gasteiger partial charge in [0.2, 0.25) is 0 Å². The van der Waals surface area contributed by atoms with Crippen LogP contribution in [0.4, 0.5) is 0 Å². The van der Waals surface area contributed by atoms with Gasteiger partial charge >= 0.3 is 5.97 Å². The van der Waals surface area contributed by atoms with E-state index in [0.29, 0.717) is 18.7 Å². The minimum Gasteiger partial charge on any atom is -0.479 e. The van der Waals surface area contributed by atoms with Crippen LogP contribution in [0.3, 0.4) is 0 Å². The molecule has 17 heavy (non-hydrogen) atoms. The summed E-state index contributed by atoms with van der Waals surface area (Å²) >= 11 is 1.16. The van der Waals surface area contributed by atoms with Gasteiger partial charge in [0.1, 0.15) is 5.75 Å². The first-order valence-electron chi connectivity index (χ1n) is 5.24. The Morgan fingerprint density at radius 2 is 2.35 bits per heavy atom. The van der Waals surface area contributed by atoms with Crippen molar-refractivity contribution in [3.05, 3.63) is 15.8 Å². The summed E-state index contributed by atoms with van der Waals surface area (Å²) in [5.74, 6) is -0.809. The van der Waals surface area contributed by atoms with Gasteiger partial charge in [-0.25, -0.2) is 4.79 Å². The van der Waals surface area contributed by atoms with Crippen LogP contribution in [0.2, 0.25) is 0 Å². The SMILES string of the molecule is Cc1cc(OC2CCN(C)C2=O)c(C(=O)O)s1. The molecule has 92 valence electrons. The van der Waals surface area contributed by atoms with Crippen molar-refractivity contribution in [3.63, 3.8) is 0 Å². The number of nitrogens with zero attached hydrogens (tertiary/aromatic N) is 1. The van der Waals surface area contributed by atoms with Crippen LogP contribution in [0.25, 0.3) is 0 Å². The lowest BCUT2D eigenvalue weighted by Crippen LogP contribution is -2.29. The molecule has 0 bridgehead atoms. The lowest BCUT2D eigenvalue weighted by molar-refractivity contribution is -0.132. The molecule has 1 saturated heterocycles. The molecule has 0 radical (unpaired) electrons. The summed E-state index contributed by atoms with van der Waals surface area (Å²) < 4.78 is 5.51. The molecule has 1 amide bonds. The maximum atomic E-state index is 11.7. The smallest absolute Gasteiger partial charge is 0.349 e. The number of aromatic carboxylic acids is 1. The van der Waals surface area contributed by atoms with Gasteiger partial charge in [-0.3, -0.25) is 4.79 Å². The topological polar surface area (TPSA) is 66.8 Å². The largest absolute Gasteiger partial charge is 0.479 e. The van der Waals surface area contributed by atoms with Crippen LogP contribution in [-0.4, -0.2) is 41.6 Å². The summed E-state index contributed by atoms with van der Waals surface area (Å²) in [7, 11) is 1.71. The number of carboxylic acids is 1. The first kappa shape index (κ1) is 11.9. The Hall–Kier alpha value is -1.56. The number of likely N-dealkylation sites (N-methyl/N-ethyl adjacent to an activating group) is 1. The highest BCUT2D eigenvalue weighted by Crippen LogP contribution is 2.31. The Bertz CT molecular complexity index is 468. The number of aryl methyl sites for hydroxylation is 1. The van der Waals surface area contributed by atoms with E-state index in [9.17, 15) is 9.59 Å². The number of rotatable bonds is 3. The van der Waals surface area contributed by atoms with Crippen molar-refractivity contribution in [2.45, 2.75) is 19.4 Å². The van der Waals surface area contributed by atoms with Gasteiger partial charge in [0.05, 0.1) is 0 Å². The first-order valence-corrected chi connectivity index (χ1v) is 6.06. The van der Waals surface area contributed by atoms with E-state index in [1.807, 2.05) is 6.92 Å². The maximum Gasteiger partial charge on any atom is 0.349 e. The van der Waals surface area contributed by atoms with Crippen molar-refractivity contribution >= 4 is 23.2 Å². The normalized spacial score (nSPS) is 19.8. The molecule has 0 spiro atoms. The quantitative estimate of drug-likeness (QED) is 0.885. The second kappa shape index (κ2) is 4.37. The monoisotopic (exact) mass is 255 g/mol. The van der Waals surface area contributed by atoms with E-state index in [4.69, 9.17) is 9.84 Å². The summed E-state index contributed by atoms with van der Waals surface area (Å²) in [5.41, 5.74) is 0. The number of thiophene rings is 1. The third-order valence-corrected chi connectivity index (χ3v) is 3.68. The zero-order valence-electron chi connectivity index (χ0n) is 9.60. The highest BCUT2D eigenvalue weighted by molar-refractivity contribution is 7.14. The zero-order valence-corrected chi connectivity index (χ0v) is 10.4. The number of likely N-dealkylation sites (tertiary alicyclic amines) is 1. The molecule has 1 aromatic rings. The van der Waals surface area contributed by atoms with E-state index >= 15 is 0 Å². The number of ether oxygens (including phenoxy) is 1. The molecule has 0 aromatic carbocycles. The molecule has 0 saturated carbocycles. The van der Waals surface area contributed by atoms with Gasteiger partial charge in [0.15, 0.2) is 11.0 Å². The van der Waals surface area contributed by atoms with Crippen LogP contribution < -0.4 is 4.74 Å². The number of carbonyl (C=O) groups is 2. The fraction of sp³-hybridized carbons (Fsp3) is 0.455. The lowest BCUT2D eigenvalue weighted by Gasteiger charge is -2.12. The van der Waals surface area contributed by atoms with Crippen LogP contribution in [0.1, 0.15) is 21.0 Å². The first-order chi connectivity index (χ1) is 7.99. The van der Waals surface area contributed by atoms with Crippen molar-refractivity contribution in [2.24, 2.45) is 0 Å². The summed E-state index contributed by atoms with van der Waals surface area (Å²) in [6, 6.07) is 1.67. The van der Waals surface area contributed by atoms with Crippen LogP contribution >= 0.6 is 11.3 Å². The van der Waals surface area contributed by atoms with Crippen molar-refractivity contribution in [2.75, 3.05) is 13.6 Å². The second-order valence-electron chi connectivity index (χ2n) is 4.01. The van der Waals surface area contributed by atoms with Gasteiger partial charge in [-0.1, -0.05) is 0 Å². The molecule has 1 unspecified atom stereocenters. The van der Waals surface area contributed by atoms with Crippen LogP contribution in [0, 0.1) is 6.92 Å². The van der Waals surface area contributed by atoms with Crippen LogP contribution in [0.15, 0.2) is 6.07 Å². The lowest BCUT2D eigenvalue weighted by atomic mass is 10.3. The van der Waals surface area contributed by atoms with E-state index < -0.39 is 12.1 Å². The molecular formula is C11H13NO4S. The van der Waals surface area contributed by atoms with Crippen molar-refractivity contribution in [1.82, 2.24) is 4.90 Å². The van der Waals surface area contributed by atoms with E-state index in [2.05, 4.69) is 0 Å². The van der Waals surface area contributed by atoms with Gasteiger partial charge < -0.3 is 14.7 Å². The standard InChI is InChI=1S/C11H13NO4S/c1-6-5-8(9(17-6)11(14)15)16-7-3-4-12(2)10(7)13/h5,7H,3-4H2,1-2H3,(H,14,15). The van der Waals surface area contributed by atoms with Gasteiger partial charge in [0.25, 0.3) is 5.91 Å². The van der Waals surface area contributed by atoms with Gasteiger partial charge in [-0.15, -0.1) is 11.3 Å². The third-order valence-electron chi connectivity index (χ3n) is 2.66. The number of hydrogen-bond acceptors (Lipinski definition) is 4. The third kappa shape index (κ3) is 2.26. The Labute approximate surface area is 103 Å². The van der Waals surface area contributed by atoms with Crippen molar-refractivity contribution in [3.8, 4) is 5.75 Å². The van der Waals surface area contributed by atoms with Crippen LogP contribution in [0.5, 0.6) is 5.75 Å². The Kier molecular flexibility index (Phi) is 3.06. The van der Waals surface area contributed by atoms with Gasteiger partial charge in [0, 0.05) is 24.9 Å². The molecule has 2 rings (SSSR count). The van der Waals surface area contributed by atoms with E-state index in [-0.39, 0.29) is 10.8 Å². The summed E-state index contributed by atoms with van der Waals surface area (Å²) in [6.45, 7) is 2.46. The van der Waals surface area contributed by atoms with E-state index in [0.717, 1.165) is 16.2 Å². The predicted molar refractivity (Wildman–Crippen MR) is 62.7 cm³/mol. The minimum absolute atomic E-state index is 0.0924. The van der Waals surface area contributed by atoms with Gasteiger partial charge in [-0.2, -0.15) is 0 Å². The second-order valence-corrected chi connectivity index (χ2v) is 5.27. The molecule has 1 aliphatic rings. The number of hydrogen-bond donors (Lipinski definition) is 1. The average Bonchev–Trinajstić information content (AvgIpc) is 2.76. The van der Waals surface area contributed by atoms with Crippen molar-refractivity contribution < 1.29 is 19.4 Å². The average molecular weight is 255 g/mol. The minimum atomic E-state index is -1.02. The molecule has 1 fully saturated rings. The molecule has 1 N–H and O–H groups in total. The van der Waals surface area contributed by atoms with Gasteiger partial charge in [-0.05, 0) is 13.0 Å². The highest BCUT2D eigenvalue weighted by Gasteiger charge is 2.32. The molecule has 1 atom stereocenters. The molecule has 6 heteroatoms. The highest BCUT2D eigenvalue weighted by atomic mass is 32.1. The molecule has 5 nitrogen and oxygen atoms in total. The number of carboxylic acid groups (broad SMARTS) is 1. The molecule has 2 heterocycles. The predicted octanol–water partition coefficient (Wildman–Crippen LogP) is 1.36. The summed E-state index contributed by atoms with van der Waals surface area (Å²) in [6.07, 6.45) is 0.0515. The fourth-order valence-electron chi connectivity index (χ4n) is 1.78. The molecule has 0 aliphatic carbocycles. The summed E-state index contributed by atoms with van der Waals surface area (Å²) in [4.78, 5) is 25.2. The molecule has 1 aliphatic heterocycles. The number of carbonyl (C=O) groups excluding carboxylic acids is 1. The fourth-order valence-corrected chi connectivity index (χ4v) is 2.56. The van der Waals surface area contributed by atoms with Crippen LogP contribution in [-0.2, 0) is 4.79 Å². The zero-order chi connectivity index (χ0) is 12.6.